The number of nitrogens with zero attached hydrogens (tertiary/aromatic N) is 4. The third-order valence-electron chi connectivity index (χ3n) is 4.49. The molecule has 0 aliphatic carbocycles. The van der Waals surface area contributed by atoms with E-state index in [9.17, 15) is 23.1 Å². The average molecular weight is 440 g/mol. The Kier molecular flexibility index (Phi) is 7.83. The predicted octanol–water partition coefficient (Wildman–Crippen LogP) is 3.24. The van der Waals surface area contributed by atoms with Crippen LogP contribution < -0.4 is 9.64 Å². The van der Waals surface area contributed by atoms with Crippen LogP contribution in [0, 0.1) is 0 Å². The Bertz CT molecular complexity index is 885. The minimum absolute atomic E-state index is 0.0662. The second-order valence-electron chi connectivity index (χ2n) is 7.51. The van der Waals surface area contributed by atoms with Gasteiger partial charge in [0.05, 0.1) is 11.3 Å². The molecule has 1 aromatic heterocycles. The Morgan fingerprint density at radius 1 is 1.16 bits per heavy atom. The minimum Gasteiger partial charge on any atom is -0.483 e. The summed E-state index contributed by atoms with van der Waals surface area (Å²) in [7, 11) is 1.75. The van der Waals surface area contributed by atoms with Gasteiger partial charge in [-0.3, -0.25) is 4.79 Å². The fraction of sp³-hybridized carbons (Fsp3) is 0.476. The van der Waals surface area contributed by atoms with E-state index in [1.807, 2.05) is 0 Å². The number of amides is 1. The van der Waals surface area contributed by atoms with Crippen molar-refractivity contribution in [2.45, 2.75) is 32.5 Å². The molecule has 170 valence electrons. The van der Waals surface area contributed by atoms with Gasteiger partial charge in [0, 0.05) is 32.9 Å². The van der Waals surface area contributed by atoms with Crippen molar-refractivity contribution in [1.82, 2.24) is 14.9 Å². The molecule has 10 heteroatoms. The molecule has 0 spiro atoms. The van der Waals surface area contributed by atoms with Crippen LogP contribution in [0.15, 0.2) is 36.5 Å². The van der Waals surface area contributed by atoms with Gasteiger partial charge in [-0.25, -0.2) is 9.97 Å². The number of aliphatic hydroxyl groups is 1. The molecular weight excluding hydrogens is 413 g/mol. The molecule has 1 N–H and O–H groups in total. The van der Waals surface area contributed by atoms with Gasteiger partial charge in [-0.2, -0.15) is 13.2 Å². The summed E-state index contributed by atoms with van der Waals surface area (Å²) >= 11 is 0. The van der Waals surface area contributed by atoms with Crippen LogP contribution in [0.25, 0.3) is 0 Å². The number of hydrogen-bond donors (Lipinski definition) is 1. The molecule has 1 heterocycles. The molecule has 0 atom stereocenters. The Balaban J connectivity index is 2.09. The number of rotatable bonds is 9. The monoisotopic (exact) mass is 440 g/mol. The van der Waals surface area contributed by atoms with Crippen molar-refractivity contribution in [3.63, 3.8) is 0 Å². The summed E-state index contributed by atoms with van der Waals surface area (Å²) in [5.41, 5.74) is -0.593. The molecule has 0 bridgehead atoms. The first-order valence-corrected chi connectivity index (χ1v) is 9.77. The summed E-state index contributed by atoms with van der Waals surface area (Å²) in [6, 6.07) is 7.49. The van der Waals surface area contributed by atoms with Crippen molar-refractivity contribution < 1.29 is 27.8 Å². The van der Waals surface area contributed by atoms with E-state index in [-0.39, 0.29) is 17.9 Å². The van der Waals surface area contributed by atoms with Crippen LogP contribution in [0.2, 0.25) is 0 Å². The van der Waals surface area contributed by atoms with Crippen LogP contribution in [-0.2, 0) is 5.60 Å². The molecule has 1 amide bonds. The van der Waals surface area contributed by atoms with Crippen LogP contribution in [0.4, 0.5) is 19.1 Å². The van der Waals surface area contributed by atoms with Crippen molar-refractivity contribution in [1.29, 1.82) is 0 Å². The van der Waals surface area contributed by atoms with Crippen LogP contribution >= 0.6 is 0 Å². The van der Waals surface area contributed by atoms with Crippen LogP contribution in [0.5, 0.6) is 5.75 Å². The third-order valence-corrected chi connectivity index (χ3v) is 4.49. The number of ether oxygens (including phenoxy) is 1. The second-order valence-corrected chi connectivity index (χ2v) is 7.51. The van der Waals surface area contributed by atoms with E-state index in [0.29, 0.717) is 24.7 Å². The number of benzene rings is 1. The largest absolute Gasteiger partial charge is 0.483 e. The molecule has 0 aliphatic rings. The normalized spacial score (nSPS) is 11.9. The first kappa shape index (κ1) is 24.4. The van der Waals surface area contributed by atoms with E-state index in [0.717, 1.165) is 0 Å². The van der Waals surface area contributed by atoms with Crippen LogP contribution in [-0.4, -0.2) is 65.3 Å². The van der Waals surface area contributed by atoms with Crippen molar-refractivity contribution in [3.8, 4) is 5.75 Å². The molecule has 2 rings (SSSR count). The minimum atomic E-state index is -4.50. The highest BCUT2D eigenvalue weighted by molar-refractivity contribution is 5.97. The number of carbonyl (C=O) groups excluding carboxylic acids is 1. The molecule has 0 saturated heterocycles. The van der Waals surface area contributed by atoms with Gasteiger partial charge in [0.1, 0.15) is 11.4 Å². The number of anilines is 1. The maximum absolute atomic E-state index is 12.9. The molecule has 2 aromatic rings. The lowest BCUT2D eigenvalue weighted by Gasteiger charge is -2.26. The highest BCUT2D eigenvalue weighted by Gasteiger charge is 2.29. The summed E-state index contributed by atoms with van der Waals surface area (Å²) in [5.74, 6) is -0.158. The molecule has 0 saturated carbocycles. The Hall–Kier alpha value is -2.88. The number of hydrogen-bond acceptors (Lipinski definition) is 6. The molecule has 0 aliphatic heterocycles. The highest BCUT2D eigenvalue weighted by Crippen LogP contribution is 2.24. The van der Waals surface area contributed by atoms with E-state index in [1.54, 1.807) is 51.0 Å². The van der Waals surface area contributed by atoms with Crippen molar-refractivity contribution in [2.24, 2.45) is 0 Å². The lowest BCUT2D eigenvalue weighted by molar-refractivity contribution is -0.153. The standard InChI is InChI=1S/C21H27F3N4O3/c1-5-28(13-12-27(4)19-25-11-10-17(26-19)20(2,3)30)18(29)15-8-6-7-9-16(15)31-14-21(22,23)24/h6-11,30H,5,12-14H2,1-4H3. The van der Waals surface area contributed by atoms with E-state index in [1.165, 1.54) is 23.1 Å². The zero-order valence-corrected chi connectivity index (χ0v) is 18.0. The zero-order valence-electron chi connectivity index (χ0n) is 18.0. The predicted molar refractivity (Wildman–Crippen MR) is 110 cm³/mol. The molecule has 0 fully saturated rings. The van der Waals surface area contributed by atoms with Crippen LogP contribution in [0.1, 0.15) is 36.8 Å². The van der Waals surface area contributed by atoms with E-state index >= 15 is 0 Å². The topological polar surface area (TPSA) is 78.8 Å². The Morgan fingerprint density at radius 3 is 2.45 bits per heavy atom. The fourth-order valence-electron chi connectivity index (χ4n) is 2.75. The van der Waals surface area contributed by atoms with Gasteiger partial charge in [-0.15, -0.1) is 0 Å². The van der Waals surface area contributed by atoms with E-state index < -0.39 is 24.3 Å². The first-order valence-electron chi connectivity index (χ1n) is 9.77. The average Bonchev–Trinajstić information content (AvgIpc) is 2.71. The Morgan fingerprint density at radius 2 is 1.84 bits per heavy atom. The summed E-state index contributed by atoms with van der Waals surface area (Å²) in [5, 5.41) is 10.1. The van der Waals surface area contributed by atoms with Gasteiger partial charge in [-0.1, -0.05) is 12.1 Å². The van der Waals surface area contributed by atoms with E-state index in [4.69, 9.17) is 4.74 Å². The van der Waals surface area contributed by atoms with Gasteiger partial charge >= 0.3 is 6.18 Å². The molecule has 7 nitrogen and oxygen atoms in total. The zero-order chi connectivity index (χ0) is 23.2. The van der Waals surface area contributed by atoms with Crippen LogP contribution in [0.3, 0.4) is 0 Å². The highest BCUT2D eigenvalue weighted by atomic mass is 19.4. The molecule has 1 aromatic carbocycles. The smallest absolute Gasteiger partial charge is 0.422 e. The number of alkyl halides is 3. The lowest BCUT2D eigenvalue weighted by Crippen LogP contribution is -2.38. The number of halogens is 3. The molecular formula is C21H27F3N4O3. The number of likely N-dealkylation sites (N-methyl/N-ethyl adjacent to an activating group) is 2. The van der Waals surface area contributed by atoms with Crippen molar-refractivity contribution >= 4 is 11.9 Å². The number of para-hydroxylation sites is 1. The molecule has 0 radical (unpaired) electrons. The summed E-state index contributed by atoms with van der Waals surface area (Å²) in [4.78, 5) is 24.7. The van der Waals surface area contributed by atoms with Gasteiger partial charge in [0.15, 0.2) is 6.61 Å². The molecule has 31 heavy (non-hydrogen) atoms. The van der Waals surface area contributed by atoms with Gasteiger partial charge in [0.25, 0.3) is 5.91 Å². The SMILES string of the molecule is CCN(CCN(C)c1nccc(C(C)(C)O)n1)C(=O)c1ccccc1OCC(F)(F)F. The summed E-state index contributed by atoms with van der Waals surface area (Å²) in [6.07, 6.45) is -2.95. The van der Waals surface area contributed by atoms with E-state index in [2.05, 4.69) is 9.97 Å². The molecule has 0 unspecified atom stereocenters. The van der Waals surface area contributed by atoms with Gasteiger partial charge in [-0.05, 0) is 39.0 Å². The summed E-state index contributed by atoms with van der Waals surface area (Å²) in [6.45, 7) is 4.56. The quantitative estimate of drug-likeness (QED) is 0.645. The number of aromatic nitrogens is 2. The number of carbonyl (C=O) groups is 1. The lowest BCUT2D eigenvalue weighted by atomic mass is 10.1. The first-order chi connectivity index (χ1) is 14.4. The summed E-state index contributed by atoms with van der Waals surface area (Å²) < 4.78 is 42.4. The Labute approximate surface area is 179 Å². The maximum Gasteiger partial charge on any atom is 0.422 e. The second kappa shape index (κ2) is 9.95. The third kappa shape index (κ3) is 7.09. The van der Waals surface area contributed by atoms with Crippen molar-refractivity contribution in [2.75, 3.05) is 38.2 Å². The maximum atomic E-state index is 12.9. The van der Waals surface area contributed by atoms with Gasteiger partial charge < -0.3 is 19.6 Å². The van der Waals surface area contributed by atoms with Crippen molar-refractivity contribution in [3.05, 3.63) is 47.8 Å². The van der Waals surface area contributed by atoms with Gasteiger partial charge in [0.2, 0.25) is 5.95 Å². The fourth-order valence-corrected chi connectivity index (χ4v) is 2.75.